The first-order chi connectivity index (χ1) is 17.4. The number of hydrogen-bond acceptors (Lipinski definition) is 5. The molecule has 0 radical (unpaired) electrons. The maximum atomic E-state index is 14.1. The Morgan fingerprint density at radius 3 is 1.58 bits per heavy atom. The first-order valence-electron chi connectivity index (χ1n) is 10.3. The maximum absolute atomic E-state index is 14.1. The van der Waals surface area contributed by atoms with Crippen LogP contribution in [0.2, 0.25) is 0 Å². The minimum absolute atomic E-state index is 0.0120. The molecule has 3 aromatic carbocycles. The van der Waals surface area contributed by atoms with E-state index in [4.69, 9.17) is 6.57 Å². The predicted octanol–water partition coefficient (Wildman–Crippen LogP) is 5.67. The van der Waals surface area contributed by atoms with Crippen LogP contribution in [-0.4, -0.2) is 21.4 Å². The molecule has 10 heteroatoms. The Morgan fingerprint density at radius 1 is 0.694 bits per heavy atom. The van der Waals surface area contributed by atoms with Crippen LogP contribution in [0.25, 0.3) is 27.5 Å². The second-order valence-corrected chi connectivity index (χ2v) is 7.59. The van der Waals surface area contributed by atoms with Gasteiger partial charge in [-0.3, -0.25) is 0 Å². The van der Waals surface area contributed by atoms with Crippen LogP contribution in [0.4, 0.5) is 17.6 Å². The number of rotatable bonds is 2. The number of aliphatic imine (C=N–C) groups is 1. The van der Waals surface area contributed by atoms with Crippen molar-refractivity contribution in [3.8, 4) is 28.7 Å². The summed E-state index contributed by atoms with van der Waals surface area (Å²) in [4.78, 5) is 16.0. The van der Waals surface area contributed by atoms with Crippen molar-refractivity contribution in [3.05, 3.63) is 118 Å². The number of aromatic nitrogens is 2. The second kappa shape index (κ2) is 8.85. The van der Waals surface area contributed by atoms with Gasteiger partial charge < -0.3 is 0 Å². The summed E-state index contributed by atoms with van der Waals surface area (Å²) in [5, 5.41) is 13.2. The summed E-state index contributed by atoms with van der Waals surface area (Å²) < 4.78 is 56.6. The molecule has 0 spiro atoms. The zero-order valence-electron chi connectivity index (χ0n) is 18.0. The number of hydrogen-bond donors (Lipinski definition) is 0. The Labute approximate surface area is 201 Å². The normalized spacial score (nSPS) is 14.2. The first kappa shape index (κ1) is 22.6. The van der Waals surface area contributed by atoms with Crippen LogP contribution >= 0.6 is 0 Å². The van der Waals surface area contributed by atoms with E-state index in [0.717, 1.165) is 24.3 Å². The van der Waals surface area contributed by atoms with E-state index in [2.05, 4.69) is 25.0 Å². The predicted molar refractivity (Wildman–Crippen MR) is 123 cm³/mol. The summed E-state index contributed by atoms with van der Waals surface area (Å²) in [6.45, 7) is 7.28. The van der Waals surface area contributed by atoms with Gasteiger partial charge >= 0.3 is 0 Å². The Hall–Kier alpha value is -5.22. The van der Waals surface area contributed by atoms with Crippen molar-refractivity contribution in [2.75, 3.05) is 0 Å². The van der Waals surface area contributed by atoms with Crippen molar-refractivity contribution in [1.29, 1.82) is 5.26 Å². The van der Waals surface area contributed by atoms with E-state index >= 15 is 0 Å². The van der Waals surface area contributed by atoms with Crippen molar-refractivity contribution >= 4 is 11.4 Å². The molecular formula is C26H10F4N6. The van der Waals surface area contributed by atoms with Gasteiger partial charge in [0.25, 0.3) is 0 Å². The van der Waals surface area contributed by atoms with Crippen molar-refractivity contribution in [3.63, 3.8) is 0 Å². The zero-order chi connectivity index (χ0) is 25.4. The summed E-state index contributed by atoms with van der Waals surface area (Å²) in [6.07, 6.45) is 1.71. The van der Waals surface area contributed by atoms with Crippen LogP contribution in [0.5, 0.6) is 0 Å². The second-order valence-electron chi connectivity index (χ2n) is 7.59. The van der Waals surface area contributed by atoms with Gasteiger partial charge in [0.15, 0.2) is 5.71 Å². The molecule has 6 nitrogen and oxygen atoms in total. The van der Waals surface area contributed by atoms with Crippen LogP contribution in [0.3, 0.4) is 0 Å². The van der Waals surface area contributed by atoms with E-state index < -0.39 is 23.3 Å². The SMILES string of the molecule is [C-]#[N+]N=C1c2ccccc2C(=NC#N)c2nc(-c3cc(F)cc(F)c3)c(-c3cc(F)cc(F)c3)nc21. The highest BCUT2D eigenvalue weighted by atomic mass is 19.1. The number of halogens is 4. The molecule has 1 aliphatic carbocycles. The van der Waals surface area contributed by atoms with Crippen LogP contribution in [0, 0.1) is 41.3 Å². The van der Waals surface area contributed by atoms with E-state index in [1.807, 2.05) is 0 Å². The molecule has 1 aliphatic rings. The van der Waals surface area contributed by atoms with Crippen LogP contribution in [0.1, 0.15) is 22.5 Å². The third-order valence-electron chi connectivity index (χ3n) is 5.37. The molecule has 0 saturated carbocycles. The number of nitriles is 1. The molecule has 0 aliphatic heterocycles. The highest BCUT2D eigenvalue weighted by Gasteiger charge is 2.33. The fourth-order valence-corrected chi connectivity index (χ4v) is 4.01. The van der Waals surface area contributed by atoms with Gasteiger partial charge in [-0.15, -0.1) is 4.95 Å². The standard InChI is InChI=1S/C26H10F4N6/c1-32-36-24-20-5-3-2-4-19(20)23(33-12-31)25-26(24)35-22(14-8-17(29)11-18(30)9-14)21(34-25)13-6-15(27)10-16(28)7-13/h2-11H. The minimum atomic E-state index is -0.910. The fraction of sp³-hybridized carbons (Fsp3) is 0. The number of fused-ring (bicyclic) bond motifs is 2. The van der Waals surface area contributed by atoms with E-state index in [0.29, 0.717) is 23.3 Å². The van der Waals surface area contributed by atoms with Crippen molar-refractivity contribution < 1.29 is 17.6 Å². The molecule has 172 valence electrons. The Kier molecular flexibility index (Phi) is 5.55. The smallest absolute Gasteiger partial charge is 0.206 e. The lowest BCUT2D eigenvalue weighted by Gasteiger charge is -2.21. The Morgan fingerprint density at radius 2 is 1.14 bits per heavy atom. The fourth-order valence-electron chi connectivity index (χ4n) is 4.01. The van der Waals surface area contributed by atoms with Crippen molar-refractivity contribution in [1.82, 2.24) is 9.97 Å². The molecule has 1 heterocycles. The molecule has 0 unspecified atom stereocenters. The Balaban J connectivity index is 1.93. The number of nitrogens with zero attached hydrogens (tertiary/aromatic N) is 6. The van der Waals surface area contributed by atoms with Crippen molar-refractivity contribution in [2.24, 2.45) is 10.1 Å². The van der Waals surface area contributed by atoms with Gasteiger partial charge in [-0.05, 0) is 24.3 Å². The van der Waals surface area contributed by atoms with Crippen LogP contribution < -0.4 is 0 Å². The van der Waals surface area contributed by atoms with E-state index in [1.165, 1.54) is 0 Å². The van der Waals surface area contributed by atoms with Crippen LogP contribution in [0.15, 0.2) is 70.8 Å². The maximum Gasteiger partial charge on any atom is 0.206 e. The highest BCUT2D eigenvalue weighted by molar-refractivity contribution is 6.30. The van der Waals surface area contributed by atoms with Gasteiger partial charge in [-0.1, -0.05) is 24.3 Å². The van der Waals surface area contributed by atoms with E-state index in [1.54, 1.807) is 30.5 Å². The molecule has 0 atom stereocenters. The molecule has 5 rings (SSSR count). The first-order valence-corrected chi connectivity index (χ1v) is 10.3. The summed E-state index contributed by atoms with van der Waals surface area (Å²) in [6, 6.07) is 12.0. The summed E-state index contributed by atoms with van der Waals surface area (Å²) in [5.74, 6) is -3.64. The van der Waals surface area contributed by atoms with Gasteiger partial charge in [0.2, 0.25) is 6.19 Å². The van der Waals surface area contributed by atoms with Gasteiger partial charge in [-0.25, -0.2) is 27.5 Å². The molecule has 1 aromatic heterocycles. The third-order valence-corrected chi connectivity index (χ3v) is 5.37. The molecule has 0 bridgehead atoms. The summed E-state index contributed by atoms with van der Waals surface area (Å²) >= 11 is 0. The van der Waals surface area contributed by atoms with Crippen molar-refractivity contribution in [2.45, 2.75) is 0 Å². The quantitative estimate of drug-likeness (QED) is 0.141. The summed E-state index contributed by atoms with van der Waals surface area (Å²) in [7, 11) is 0. The molecule has 0 saturated heterocycles. The monoisotopic (exact) mass is 482 g/mol. The molecule has 36 heavy (non-hydrogen) atoms. The average Bonchev–Trinajstić information content (AvgIpc) is 2.84. The number of benzene rings is 3. The molecular weight excluding hydrogens is 472 g/mol. The Bertz CT molecular complexity index is 1550. The van der Waals surface area contributed by atoms with Gasteiger partial charge in [-0.2, -0.15) is 16.8 Å². The third kappa shape index (κ3) is 3.87. The minimum Gasteiger partial charge on any atom is -0.241 e. The lowest BCUT2D eigenvalue weighted by molar-refractivity contribution is 0.583. The van der Waals surface area contributed by atoms with E-state index in [9.17, 15) is 22.8 Å². The van der Waals surface area contributed by atoms with Crippen LogP contribution in [-0.2, 0) is 0 Å². The zero-order valence-corrected chi connectivity index (χ0v) is 18.0. The topological polar surface area (TPSA) is 78.6 Å². The highest BCUT2D eigenvalue weighted by Crippen LogP contribution is 2.35. The van der Waals surface area contributed by atoms with Gasteiger partial charge in [0, 0.05) is 34.4 Å². The molecule has 0 amide bonds. The van der Waals surface area contributed by atoms with Gasteiger partial charge in [0.05, 0.1) is 16.5 Å². The van der Waals surface area contributed by atoms with E-state index in [-0.39, 0.29) is 45.3 Å². The average molecular weight is 482 g/mol. The van der Waals surface area contributed by atoms with Gasteiger partial charge in [0.1, 0.15) is 40.4 Å². The summed E-state index contributed by atoms with van der Waals surface area (Å²) in [5.41, 5.74) is 0.703. The molecule has 4 aromatic rings. The lowest BCUT2D eigenvalue weighted by atomic mass is 9.87. The largest absolute Gasteiger partial charge is 0.241 e. The lowest BCUT2D eigenvalue weighted by Crippen LogP contribution is -2.25. The molecule has 0 N–H and O–H groups in total. The molecule has 0 fully saturated rings.